The second-order valence-electron chi connectivity index (χ2n) is 4.34. The maximum Gasteiger partial charge on any atom is 0.226 e. The molecule has 1 amide bonds. The van der Waals surface area contributed by atoms with Gasteiger partial charge in [0, 0.05) is 24.7 Å². The fourth-order valence-corrected chi connectivity index (χ4v) is 1.82. The van der Waals surface area contributed by atoms with E-state index in [9.17, 15) is 4.79 Å². The molecule has 2 rings (SSSR count). The predicted octanol–water partition coefficient (Wildman–Crippen LogP) is 1.73. The molecule has 2 N–H and O–H groups in total. The molecular weight excluding hydrogens is 252 g/mol. The lowest BCUT2D eigenvalue weighted by Crippen LogP contribution is -2.43. The highest BCUT2D eigenvalue weighted by Gasteiger charge is 2.16. The third kappa shape index (κ3) is 4.64. The minimum Gasteiger partial charge on any atom is -0.378 e. The molecule has 100 valence electrons. The van der Waals surface area contributed by atoms with E-state index in [1.54, 1.807) is 0 Å². The molecule has 1 unspecified atom stereocenters. The highest BCUT2D eigenvalue weighted by molar-refractivity contribution is 5.91. The van der Waals surface area contributed by atoms with Crippen LogP contribution >= 0.6 is 12.4 Å². The second kappa shape index (κ2) is 7.36. The van der Waals surface area contributed by atoms with Crippen molar-refractivity contribution in [1.29, 1.82) is 0 Å². The number of nitrogens with one attached hydrogen (secondary N) is 2. The molecular formula is C13H19ClN2O2. The van der Waals surface area contributed by atoms with Crippen LogP contribution in [0.1, 0.15) is 12.0 Å². The predicted molar refractivity (Wildman–Crippen MR) is 74.3 cm³/mol. The number of rotatable bonds is 3. The number of benzene rings is 1. The third-order valence-electron chi connectivity index (χ3n) is 2.77. The molecule has 18 heavy (non-hydrogen) atoms. The van der Waals surface area contributed by atoms with E-state index >= 15 is 0 Å². The lowest BCUT2D eigenvalue weighted by atomic mass is 10.2. The molecule has 0 aromatic heterocycles. The standard InChI is InChI=1S/C13H18N2O2.ClH/c1-10-2-4-11(5-3-10)15-13(16)8-12-9-17-7-6-14-12;/h2-5,12,14H,6-9H2,1H3,(H,15,16);1H. The Morgan fingerprint density at radius 2 is 2.17 bits per heavy atom. The van der Waals surface area contributed by atoms with Crippen LogP contribution in [0.5, 0.6) is 0 Å². The number of amides is 1. The Kier molecular flexibility index (Phi) is 6.12. The summed E-state index contributed by atoms with van der Waals surface area (Å²) in [7, 11) is 0. The van der Waals surface area contributed by atoms with Gasteiger partial charge < -0.3 is 15.4 Å². The largest absolute Gasteiger partial charge is 0.378 e. The van der Waals surface area contributed by atoms with Gasteiger partial charge >= 0.3 is 0 Å². The summed E-state index contributed by atoms with van der Waals surface area (Å²) < 4.78 is 5.31. The van der Waals surface area contributed by atoms with Crippen LogP contribution < -0.4 is 10.6 Å². The van der Waals surface area contributed by atoms with Crippen molar-refractivity contribution >= 4 is 24.0 Å². The molecule has 1 saturated heterocycles. The van der Waals surface area contributed by atoms with Crippen molar-refractivity contribution in [2.75, 3.05) is 25.1 Å². The van der Waals surface area contributed by atoms with E-state index in [0.29, 0.717) is 13.0 Å². The van der Waals surface area contributed by atoms with Gasteiger partial charge in [-0.1, -0.05) is 17.7 Å². The van der Waals surface area contributed by atoms with Gasteiger partial charge in [-0.05, 0) is 19.1 Å². The van der Waals surface area contributed by atoms with Crippen LogP contribution in [0.4, 0.5) is 5.69 Å². The molecule has 1 aromatic rings. The van der Waals surface area contributed by atoms with Crippen LogP contribution in [0.15, 0.2) is 24.3 Å². The molecule has 4 nitrogen and oxygen atoms in total. The molecule has 0 radical (unpaired) electrons. The van der Waals surface area contributed by atoms with Crippen LogP contribution in [0, 0.1) is 6.92 Å². The molecule has 1 aliphatic heterocycles. The van der Waals surface area contributed by atoms with Gasteiger partial charge in [0.15, 0.2) is 0 Å². The second-order valence-corrected chi connectivity index (χ2v) is 4.34. The molecule has 1 heterocycles. The summed E-state index contributed by atoms with van der Waals surface area (Å²) in [6.45, 7) is 4.19. The van der Waals surface area contributed by atoms with Gasteiger partial charge in [-0.15, -0.1) is 12.4 Å². The van der Waals surface area contributed by atoms with E-state index < -0.39 is 0 Å². The van der Waals surface area contributed by atoms with Crippen LogP contribution in [0.3, 0.4) is 0 Å². The van der Waals surface area contributed by atoms with Crippen molar-refractivity contribution in [3.05, 3.63) is 29.8 Å². The van der Waals surface area contributed by atoms with Crippen molar-refractivity contribution in [3.63, 3.8) is 0 Å². The number of aryl methyl sites for hydroxylation is 1. The van der Waals surface area contributed by atoms with Crippen LogP contribution in [0.2, 0.25) is 0 Å². The van der Waals surface area contributed by atoms with Crippen molar-refractivity contribution in [2.45, 2.75) is 19.4 Å². The van der Waals surface area contributed by atoms with Crippen molar-refractivity contribution in [3.8, 4) is 0 Å². The summed E-state index contributed by atoms with van der Waals surface area (Å²) >= 11 is 0. The third-order valence-corrected chi connectivity index (χ3v) is 2.77. The van der Waals surface area contributed by atoms with E-state index in [-0.39, 0.29) is 24.4 Å². The zero-order valence-electron chi connectivity index (χ0n) is 10.4. The van der Waals surface area contributed by atoms with Crippen molar-refractivity contribution < 1.29 is 9.53 Å². The maximum atomic E-state index is 11.8. The molecule has 5 heteroatoms. The number of anilines is 1. The zero-order chi connectivity index (χ0) is 12.1. The molecule has 0 bridgehead atoms. The van der Waals surface area contributed by atoms with Gasteiger partial charge in [-0.2, -0.15) is 0 Å². The minimum atomic E-state index is 0. The number of halogens is 1. The van der Waals surface area contributed by atoms with Gasteiger partial charge in [0.1, 0.15) is 0 Å². The Labute approximate surface area is 114 Å². The fourth-order valence-electron chi connectivity index (χ4n) is 1.82. The molecule has 1 aliphatic rings. The molecule has 0 spiro atoms. The average Bonchev–Trinajstić information content (AvgIpc) is 2.33. The Morgan fingerprint density at radius 1 is 1.44 bits per heavy atom. The normalized spacial score (nSPS) is 18.8. The summed E-state index contributed by atoms with van der Waals surface area (Å²) in [4.78, 5) is 11.8. The highest BCUT2D eigenvalue weighted by Crippen LogP contribution is 2.09. The number of carbonyl (C=O) groups is 1. The molecule has 0 saturated carbocycles. The fraction of sp³-hybridized carbons (Fsp3) is 0.462. The number of carbonyl (C=O) groups excluding carboxylic acids is 1. The molecule has 1 atom stereocenters. The lowest BCUT2D eigenvalue weighted by molar-refractivity contribution is -0.117. The van der Waals surface area contributed by atoms with Crippen LogP contribution in [-0.2, 0) is 9.53 Å². The SMILES string of the molecule is Cc1ccc(NC(=O)CC2COCCN2)cc1.Cl. The monoisotopic (exact) mass is 270 g/mol. The first-order valence-corrected chi connectivity index (χ1v) is 5.92. The molecule has 1 aromatic carbocycles. The highest BCUT2D eigenvalue weighted by atomic mass is 35.5. The first kappa shape index (κ1) is 15.0. The molecule has 1 fully saturated rings. The quantitative estimate of drug-likeness (QED) is 0.880. The Bertz CT molecular complexity index is 375. The van der Waals surface area contributed by atoms with Gasteiger partial charge in [-0.3, -0.25) is 4.79 Å². The summed E-state index contributed by atoms with van der Waals surface area (Å²) in [6.07, 6.45) is 0.452. The first-order chi connectivity index (χ1) is 8.24. The van der Waals surface area contributed by atoms with E-state index in [1.807, 2.05) is 31.2 Å². The lowest BCUT2D eigenvalue weighted by Gasteiger charge is -2.23. The Morgan fingerprint density at radius 3 is 2.78 bits per heavy atom. The zero-order valence-corrected chi connectivity index (χ0v) is 11.3. The number of morpholine rings is 1. The Hall–Kier alpha value is -1.10. The topological polar surface area (TPSA) is 50.4 Å². The Balaban J connectivity index is 0.00000162. The van der Waals surface area contributed by atoms with Crippen molar-refractivity contribution in [1.82, 2.24) is 5.32 Å². The molecule has 0 aliphatic carbocycles. The summed E-state index contributed by atoms with van der Waals surface area (Å²) in [5, 5.41) is 6.14. The summed E-state index contributed by atoms with van der Waals surface area (Å²) in [6, 6.07) is 7.93. The number of ether oxygens (including phenoxy) is 1. The number of hydrogen-bond donors (Lipinski definition) is 2. The van der Waals surface area contributed by atoms with Gasteiger partial charge in [0.2, 0.25) is 5.91 Å². The van der Waals surface area contributed by atoms with Gasteiger partial charge in [0.05, 0.1) is 13.2 Å². The minimum absolute atomic E-state index is 0. The van der Waals surface area contributed by atoms with Crippen LogP contribution in [0.25, 0.3) is 0 Å². The van der Waals surface area contributed by atoms with E-state index in [2.05, 4.69) is 10.6 Å². The van der Waals surface area contributed by atoms with Gasteiger partial charge in [0.25, 0.3) is 0 Å². The average molecular weight is 271 g/mol. The van der Waals surface area contributed by atoms with E-state index in [4.69, 9.17) is 4.74 Å². The van der Waals surface area contributed by atoms with Gasteiger partial charge in [-0.25, -0.2) is 0 Å². The van der Waals surface area contributed by atoms with E-state index in [0.717, 1.165) is 18.8 Å². The van der Waals surface area contributed by atoms with Crippen molar-refractivity contribution in [2.24, 2.45) is 0 Å². The summed E-state index contributed by atoms with van der Waals surface area (Å²) in [5.41, 5.74) is 2.03. The van der Waals surface area contributed by atoms with Crippen LogP contribution in [-0.4, -0.2) is 31.7 Å². The number of hydrogen-bond acceptors (Lipinski definition) is 3. The maximum absolute atomic E-state index is 11.8. The van der Waals surface area contributed by atoms with E-state index in [1.165, 1.54) is 5.56 Å². The summed E-state index contributed by atoms with van der Waals surface area (Å²) in [5.74, 6) is 0.0249. The first-order valence-electron chi connectivity index (χ1n) is 5.92. The smallest absolute Gasteiger partial charge is 0.226 e.